The summed E-state index contributed by atoms with van der Waals surface area (Å²) in [5, 5.41) is 13.1. The van der Waals surface area contributed by atoms with E-state index in [1.807, 2.05) is 28.0 Å². The Bertz CT molecular complexity index is 1040. The van der Waals surface area contributed by atoms with Crippen molar-refractivity contribution in [3.05, 3.63) is 48.0 Å². The van der Waals surface area contributed by atoms with Crippen molar-refractivity contribution in [1.29, 1.82) is 0 Å². The van der Waals surface area contributed by atoms with Crippen LogP contribution in [0.1, 0.15) is 26.1 Å². The minimum Gasteiger partial charge on any atom is -0.366 e. The van der Waals surface area contributed by atoms with Gasteiger partial charge in [0.05, 0.1) is 5.69 Å². The lowest BCUT2D eigenvalue weighted by molar-refractivity contribution is -0.131. The number of hydrogen-bond acceptors (Lipinski definition) is 6. The van der Waals surface area contributed by atoms with Gasteiger partial charge in [-0.3, -0.25) is 4.79 Å². The molecule has 8 nitrogen and oxygen atoms in total. The van der Waals surface area contributed by atoms with E-state index >= 15 is 0 Å². The second-order valence-electron chi connectivity index (χ2n) is 7.57. The third-order valence-corrected chi connectivity index (χ3v) is 5.79. The number of rotatable bonds is 7. The molecule has 1 saturated heterocycles. The van der Waals surface area contributed by atoms with Crippen LogP contribution in [0.2, 0.25) is 0 Å². The Balaban J connectivity index is 1.36. The molecular weight excluding hydrogens is 397 g/mol. The van der Waals surface area contributed by atoms with Gasteiger partial charge in [0.25, 0.3) is 0 Å². The van der Waals surface area contributed by atoms with Crippen molar-refractivity contribution in [2.24, 2.45) is 0 Å². The molecule has 0 bridgehead atoms. The molecule has 0 aliphatic carbocycles. The van der Waals surface area contributed by atoms with Crippen molar-refractivity contribution in [1.82, 2.24) is 24.7 Å². The Hall–Kier alpha value is -3.23. The number of carbonyl (C=O) groups excluding carboxylic acids is 1. The van der Waals surface area contributed by atoms with Crippen molar-refractivity contribution in [3.63, 3.8) is 0 Å². The van der Waals surface area contributed by atoms with Gasteiger partial charge in [0, 0.05) is 52.1 Å². The molecule has 4 rings (SSSR count). The van der Waals surface area contributed by atoms with E-state index in [4.69, 9.17) is 0 Å². The number of para-hydroxylation sites is 1. The van der Waals surface area contributed by atoms with Gasteiger partial charge in [-0.15, -0.1) is 15.3 Å². The highest BCUT2D eigenvalue weighted by molar-refractivity contribution is 5.76. The van der Waals surface area contributed by atoms with Gasteiger partial charge in [0.1, 0.15) is 11.6 Å². The molecule has 2 aromatic heterocycles. The van der Waals surface area contributed by atoms with Crippen LogP contribution in [0.15, 0.2) is 36.4 Å². The fraction of sp³-hybridized carbons (Fsp3) is 0.455. The summed E-state index contributed by atoms with van der Waals surface area (Å²) in [6, 6.07) is 10.6. The Morgan fingerprint density at radius 2 is 1.77 bits per heavy atom. The van der Waals surface area contributed by atoms with Crippen LogP contribution in [-0.4, -0.2) is 69.9 Å². The van der Waals surface area contributed by atoms with Gasteiger partial charge >= 0.3 is 0 Å². The van der Waals surface area contributed by atoms with Crippen LogP contribution in [0.3, 0.4) is 0 Å². The van der Waals surface area contributed by atoms with E-state index in [1.165, 1.54) is 6.07 Å². The highest BCUT2D eigenvalue weighted by atomic mass is 19.1. The van der Waals surface area contributed by atoms with Gasteiger partial charge in [0.15, 0.2) is 11.5 Å². The van der Waals surface area contributed by atoms with Crippen molar-refractivity contribution in [3.8, 4) is 0 Å². The van der Waals surface area contributed by atoms with Crippen LogP contribution in [0, 0.1) is 5.82 Å². The minimum absolute atomic E-state index is 0.0739. The second kappa shape index (κ2) is 9.28. The lowest BCUT2D eigenvalue weighted by Crippen LogP contribution is -2.49. The van der Waals surface area contributed by atoms with Crippen LogP contribution in [-0.2, 0) is 11.2 Å². The van der Waals surface area contributed by atoms with Crippen LogP contribution in [0.4, 0.5) is 15.9 Å². The standard InChI is InChI=1S/C22H28FN7O/c1-3-27(4-2)21-10-9-19-24-25-20(30(19)26-21)11-12-22(31)29-15-13-28(14-16-29)18-8-6-5-7-17(18)23/h5-10H,3-4,11-16H2,1-2H3. The van der Waals surface area contributed by atoms with Gasteiger partial charge in [-0.25, -0.2) is 4.39 Å². The molecule has 0 atom stereocenters. The zero-order valence-electron chi connectivity index (χ0n) is 18.0. The van der Waals surface area contributed by atoms with Gasteiger partial charge in [0.2, 0.25) is 5.91 Å². The van der Waals surface area contributed by atoms with Crippen LogP contribution >= 0.6 is 0 Å². The van der Waals surface area contributed by atoms with E-state index in [9.17, 15) is 9.18 Å². The van der Waals surface area contributed by atoms with Crippen molar-refractivity contribution >= 4 is 23.1 Å². The molecule has 0 unspecified atom stereocenters. The highest BCUT2D eigenvalue weighted by Crippen LogP contribution is 2.20. The fourth-order valence-electron chi connectivity index (χ4n) is 3.98. The van der Waals surface area contributed by atoms with Crippen molar-refractivity contribution < 1.29 is 9.18 Å². The monoisotopic (exact) mass is 425 g/mol. The number of anilines is 2. The largest absolute Gasteiger partial charge is 0.366 e. The molecule has 0 saturated carbocycles. The minimum atomic E-state index is -0.224. The summed E-state index contributed by atoms with van der Waals surface area (Å²) in [6.07, 6.45) is 0.819. The molecule has 0 N–H and O–H groups in total. The van der Waals surface area contributed by atoms with Crippen LogP contribution < -0.4 is 9.80 Å². The third-order valence-electron chi connectivity index (χ3n) is 5.79. The smallest absolute Gasteiger partial charge is 0.223 e. The summed E-state index contributed by atoms with van der Waals surface area (Å²) in [7, 11) is 0. The first kappa shape index (κ1) is 21.0. The van der Waals surface area contributed by atoms with Crippen molar-refractivity contribution in [2.45, 2.75) is 26.7 Å². The van der Waals surface area contributed by atoms with E-state index in [2.05, 4.69) is 34.0 Å². The first-order valence-corrected chi connectivity index (χ1v) is 10.8. The molecule has 3 heterocycles. The van der Waals surface area contributed by atoms with Crippen LogP contribution in [0.25, 0.3) is 5.65 Å². The number of fused-ring (bicyclic) bond motifs is 1. The summed E-state index contributed by atoms with van der Waals surface area (Å²) in [5.41, 5.74) is 1.27. The van der Waals surface area contributed by atoms with E-state index in [1.54, 1.807) is 16.6 Å². The third kappa shape index (κ3) is 4.45. The number of benzene rings is 1. The number of piperazine rings is 1. The second-order valence-corrected chi connectivity index (χ2v) is 7.57. The molecular formula is C22H28FN7O. The number of halogens is 1. The summed E-state index contributed by atoms with van der Waals surface area (Å²) in [5.74, 6) is 1.40. The summed E-state index contributed by atoms with van der Waals surface area (Å²) < 4.78 is 15.7. The molecule has 1 amide bonds. The molecule has 31 heavy (non-hydrogen) atoms. The quantitative estimate of drug-likeness (QED) is 0.579. The topological polar surface area (TPSA) is 69.9 Å². The highest BCUT2D eigenvalue weighted by Gasteiger charge is 2.23. The Kier molecular flexibility index (Phi) is 6.29. The van der Waals surface area contributed by atoms with E-state index in [0.29, 0.717) is 56.2 Å². The summed E-state index contributed by atoms with van der Waals surface area (Å²) >= 11 is 0. The molecule has 3 aromatic rings. The number of amides is 1. The zero-order valence-corrected chi connectivity index (χ0v) is 18.0. The van der Waals surface area contributed by atoms with Gasteiger partial charge in [-0.2, -0.15) is 4.52 Å². The van der Waals surface area contributed by atoms with E-state index < -0.39 is 0 Å². The normalized spacial score (nSPS) is 14.3. The maximum atomic E-state index is 14.0. The summed E-state index contributed by atoms with van der Waals surface area (Å²) in [4.78, 5) is 18.7. The number of carbonyl (C=O) groups is 1. The van der Waals surface area contributed by atoms with Gasteiger partial charge in [-0.1, -0.05) is 12.1 Å². The number of aryl methyl sites for hydroxylation is 1. The average molecular weight is 426 g/mol. The van der Waals surface area contributed by atoms with Crippen molar-refractivity contribution in [2.75, 3.05) is 49.1 Å². The molecule has 1 aliphatic rings. The summed E-state index contributed by atoms with van der Waals surface area (Å²) in [6.45, 7) is 8.31. The molecule has 164 valence electrons. The Morgan fingerprint density at radius 1 is 1.03 bits per heavy atom. The molecule has 0 spiro atoms. The fourth-order valence-corrected chi connectivity index (χ4v) is 3.98. The predicted molar refractivity (Wildman–Crippen MR) is 118 cm³/mol. The Labute approximate surface area is 181 Å². The first-order chi connectivity index (χ1) is 15.1. The molecule has 1 fully saturated rings. The van der Waals surface area contributed by atoms with Crippen LogP contribution in [0.5, 0.6) is 0 Å². The van der Waals surface area contributed by atoms with Gasteiger partial charge in [-0.05, 0) is 38.1 Å². The number of nitrogens with zero attached hydrogens (tertiary/aromatic N) is 7. The lowest BCUT2D eigenvalue weighted by Gasteiger charge is -2.36. The van der Waals surface area contributed by atoms with Gasteiger partial charge < -0.3 is 14.7 Å². The Morgan fingerprint density at radius 3 is 2.48 bits per heavy atom. The first-order valence-electron chi connectivity index (χ1n) is 10.8. The maximum absolute atomic E-state index is 14.0. The lowest BCUT2D eigenvalue weighted by atomic mass is 10.2. The molecule has 1 aromatic carbocycles. The maximum Gasteiger partial charge on any atom is 0.223 e. The van der Waals surface area contributed by atoms with E-state index in [-0.39, 0.29) is 11.7 Å². The molecule has 1 aliphatic heterocycles. The molecule has 9 heteroatoms. The zero-order chi connectivity index (χ0) is 21.8. The predicted octanol–water partition coefficient (Wildman–Crippen LogP) is 2.39. The average Bonchev–Trinajstić information content (AvgIpc) is 3.21. The molecule has 0 radical (unpaired) electrons. The SMILES string of the molecule is CCN(CC)c1ccc2nnc(CCC(=O)N3CCN(c4ccccc4F)CC3)n2n1. The number of hydrogen-bond donors (Lipinski definition) is 0. The number of aromatic nitrogens is 4. The van der Waals surface area contributed by atoms with E-state index in [0.717, 1.165) is 18.9 Å².